The molecule has 0 atom stereocenters. The van der Waals surface area contributed by atoms with Crippen LogP contribution in [0.3, 0.4) is 0 Å². The van der Waals surface area contributed by atoms with Gasteiger partial charge in [0.25, 0.3) is 0 Å². The lowest BCUT2D eigenvalue weighted by atomic mass is 10.0. The summed E-state index contributed by atoms with van der Waals surface area (Å²) in [6.07, 6.45) is 1.83. The number of hydrogen-bond acceptors (Lipinski definition) is 1. The van der Waals surface area contributed by atoms with Crippen molar-refractivity contribution in [2.45, 2.75) is 0 Å². The van der Waals surface area contributed by atoms with Crippen LogP contribution in [0.5, 0.6) is 0 Å². The molecular formula is C15H11N. The second kappa shape index (κ2) is 3.78. The lowest BCUT2D eigenvalue weighted by molar-refractivity contribution is 1.33. The number of nitrogens with zero attached hydrogens (tertiary/aromatic N) is 1. The highest BCUT2D eigenvalue weighted by Gasteiger charge is 2.07. The van der Waals surface area contributed by atoms with Gasteiger partial charge in [0, 0.05) is 11.8 Å². The van der Waals surface area contributed by atoms with E-state index in [2.05, 4.69) is 47.4 Å². The summed E-state index contributed by atoms with van der Waals surface area (Å²) in [6.45, 7) is 0. The Balaban J connectivity index is 2.27. The van der Waals surface area contributed by atoms with E-state index in [1.807, 2.05) is 24.4 Å². The molecule has 1 aromatic heterocycles. The van der Waals surface area contributed by atoms with Gasteiger partial charge in [0.15, 0.2) is 0 Å². The highest BCUT2D eigenvalue weighted by molar-refractivity contribution is 5.82. The summed E-state index contributed by atoms with van der Waals surface area (Å²) in [6, 6.07) is 20.7. The Morgan fingerprint density at radius 1 is 0.625 bits per heavy atom. The zero-order valence-electron chi connectivity index (χ0n) is 8.80. The summed E-state index contributed by atoms with van der Waals surface area (Å²) < 4.78 is 0. The van der Waals surface area contributed by atoms with E-state index in [4.69, 9.17) is 0 Å². The first-order chi connectivity index (χ1) is 7.95. The van der Waals surface area contributed by atoms with Crippen LogP contribution in [0.1, 0.15) is 0 Å². The molecule has 0 unspecified atom stereocenters. The number of aromatic nitrogens is 1. The Morgan fingerprint density at radius 3 is 2.25 bits per heavy atom. The Morgan fingerprint density at radius 2 is 1.38 bits per heavy atom. The van der Waals surface area contributed by atoms with Gasteiger partial charge in [0.2, 0.25) is 0 Å². The molecule has 0 saturated heterocycles. The van der Waals surface area contributed by atoms with Gasteiger partial charge in [0.05, 0.1) is 5.69 Å². The van der Waals surface area contributed by atoms with E-state index >= 15 is 0 Å². The van der Waals surface area contributed by atoms with Crippen molar-refractivity contribution in [1.82, 2.24) is 4.98 Å². The molecule has 0 fully saturated rings. The molecule has 0 spiro atoms. The lowest BCUT2D eigenvalue weighted by Gasteiger charge is -2.02. The van der Waals surface area contributed by atoms with Crippen molar-refractivity contribution < 1.29 is 0 Å². The fraction of sp³-hybridized carbons (Fsp3) is 0. The van der Waals surface area contributed by atoms with E-state index < -0.39 is 0 Å². The summed E-state index contributed by atoms with van der Waals surface area (Å²) in [7, 11) is 0. The van der Waals surface area contributed by atoms with Gasteiger partial charge in [-0.2, -0.15) is 0 Å². The van der Waals surface area contributed by atoms with Gasteiger partial charge in [-0.3, -0.25) is 4.98 Å². The maximum atomic E-state index is 4.41. The number of rotatable bonds is 1. The molecule has 0 N–H and O–H groups in total. The standard InChI is InChI=1S/C15H11N/c1-2-8-14(15-10-3-4-11-16-15)13-9-5-7-12(13)6-1/h1-11H. The summed E-state index contributed by atoms with van der Waals surface area (Å²) in [5, 5.41) is 0. The molecule has 0 bridgehead atoms. The van der Waals surface area contributed by atoms with Crippen molar-refractivity contribution in [2.75, 3.05) is 0 Å². The molecule has 1 heterocycles. The fourth-order valence-corrected chi connectivity index (χ4v) is 1.97. The van der Waals surface area contributed by atoms with Crippen molar-refractivity contribution in [3.63, 3.8) is 0 Å². The minimum atomic E-state index is 1.02. The Kier molecular flexibility index (Phi) is 2.15. The topological polar surface area (TPSA) is 12.9 Å². The van der Waals surface area contributed by atoms with E-state index in [0.717, 1.165) is 5.69 Å². The van der Waals surface area contributed by atoms with Crippen LogP contribution < -0.4 is 0 Å². The molecule has 76 valence electrons. The SMILES string of the molecule is c1ccc(-c2ccccc3cccc2-3)nc1. The second-order valence-corrected chi connectivity index (χ2v) is 3.74. The third-order valence-electron chi connectivity index (χ3n) is 2.73. The predicted molar refractivity (Wildman–Crippen MR) is 66.3 cm³/mol. The van der Waals surface area contributed by atoms with Crippen molar-refractivity contribution in [2.24, 2.45) is 0 Å². The predicted octanol–water partition coefficient (Wildman–Crippen LogP) is 3.85. The number of pyridine rings is 1. The van der Waals surface area contributed by atoms with Crippen LogP contribution in [0.25, 0.3) is 22.4 Å². The monoisotopic (exact) mass is 205 g/mol. The van der Waals surface area contributed by atoms with E-state index in [1.165, 1.54) is 16.7 Å². The molecule has 16 heavy (non-hydrogen) atoms. The fourth-order valence-electron chi connectivity index (χ4n) is 1.97. The summed E-state index contributed by atoms with van der Waals surface area (Å²) >= 11 is 0. The maximum Gasteiger partial charge on any atom is 0.0708 e. The molecule has 0 aromatic carbocycles. The zero-order chi connectivity index (χ0) is 10.8. The highest BCUT2D eigenvalue weighted by Crippen LogP contribution is 2.31. The maximum absolute atomic E-state index is 4.41. The second-order valence-electron chi connectivity index (χ2n) is 3.74. The molecule has 2 aliphatic rings. The minimum Gasteiger partial charge on any atom is -0.256 e. The summed E-state index contributed by atoms with van der Waals surface area (Å²) in [5.41, 5.74) is 4.72. The van der Waals surface area contributed by atoms with Crippen molar-refractivity contribution >= 4 is 0 Å². The smallest absolute Gasteiger partial charge is 0.0708 e. The highest BCUT2D eigenvalue weighted by atomic mass is 14.7. The molecule has 0 aliphatic heterocycles. The van der Waals surface area contributed by atoms with Gasteiger partial charge in [-0.25, -0.2) is 0 Å². The molecule has 0 saturated carbocycles. The largest absolute Gasteiger partial charge is 0.256 e. The Labute approximate surface area is 94.7 Å². The van der Waals surface area contributed by atoms with Gasteiger partial charge in [0.1, 0.15) is 0 Å². The van der Waals surface area contributed by atoms with Gasteiger partial charge < -0.3 is 0 Å². The van der Waals surface area contributed by atoms with Crippen LogP contribution in [0.4, 0.5) is 0 Å². The lowest BCUT2D eigenvalue weighted by Crippen LogP contribution is -1.82. The number of fused-ring (bicyclic) bond motifs is 1. The quantitative estimate of drug-likeness (QED) is 0.588. The van der Waals surface area contributed by atoms with Crippen molar-refractivity contribution in [1.29, 1.82) is 0 Å². The van der Waals surface area contributed by atoms with Crippen LogP contribution in [0.2, 0.25) is 0 Å². The van der Waals surface area contributed by atoms with E-state index in [9.17, 15) is 0 Å². The van der Waals surface area contributed by atoms with E-state index in [1.54, 1.807) is 0 Å². The number of hydrogen-bond donors (Lipinski definition) is 0. The molecular weight excluding hydrogens is 194 g/mol. The average molecular weight is 205 g/mol. The molecule has 1 nitrogen and oxygen atoms in total. The minimum absolute atomic E-state index is 1.02. The summed E-state index contributed by atoms with van der Waals surface area (Å²) in [5.74, 6) is 0. The molecule has 0 amide bonds. The third-order valence-corrected chi connectivity index (χ3v) is 2.73. The van der Waals surface area contributed by atoms with E-state index in [0.29, 0.717) is 0 Å². The van der Waals surface area contributed by atoms with Crippen LogP contribution >= 0.6 is 0 Å². The molecule has 0 radical (unpaired) electrons. The van der Waals surface area contributed by atoms with Crippen LogP contribution in [0.15, 0.2) is 66.9 Å². The molecule has 1 heteroatoms. The van der Waals surface area contributed by atoms with Gasteiger partial charge in [-0.05, 0) is 23.3 Å². The summed E-state index contributed by atoms with van der Waals surface area (Å²) in [4.78, 5) is 4.41. The Hall–Kier alpha value is -2.15. The third kappa shape index (κ3) is 1.47. The Bertz CT molecular complexity index is 572. The van der Waals surface area contributed by atoms with Gasteiger partial charge in [-0.1, -0.05) is 48.5 Å². The normalized spacial score (nSPS) is 10.5. The molecule has 2 aliphatic carbocycles. The van der Waals surface area contributed by atoms with Crippen LogP contribution in [0, 0.1) is 0 Å². The first-order valence-corrected chi connectivity index (χ1v) is 5.34. The first kappa shape index (κ1) is 9.10. The van der Waals surface area contributed by atoms with Gasteiger partial charge in [-0.15, -0.1) is 0 Å². The van der Waals surface area contributed by atoms with Crippen LogP contribution in [-0.4, -0.2) is 4.98 Å². The first-order valence-electron chi connectivity index (χ1n) is 5.34. The van der Waals surface area contributed by atoms with Gasteiger partial charge >= 0.3 is 0 Å². The van der Waals surface area contributed by atoms with Crippen LogP contribution in [-0.2, 0) is 0 Å². The zero-order valence-corrected chi connectivity index (χ0v) is 8.80. The van der Waals surface area contributed by atoms with Crippen molar-refractivity contribution in [3.8, 4) is 22.4 Å². The van der Waals surface area contributed by atoms with E-state index in [-0.39, 0.29) is 0 Å². The van der Waals surface area contributed by atoms with Crippen molar-refractivity contribution in [3.05, 3.63) is 66.9 Å². The molecule has 1 aromatic rings. The molecule has 3 rings (SSSR count). The average Bonchev–Trinajstić information content (AvgIpc) is 2.70.